The lowest BCUT2D eigenvalue weighted by molar-refractivity contribution is -0.0849. The number of likely N-dealkylation sites (tertiary alicyclic amines) is 1. The van der Waals surface area contributed by atoms with Crippen LogP contribution in [0.25, 0.3) is 0 Å². The molecule has 1 aliphatic heterocycles. The summed E-state index contributed by atoms with van der Waals surface area (Å²) in [6.07, 6.45) is 5.02. The van der Waals surface area contributed by atoms with Gasteiger partial charge in [-0.2, -0.15) is 0 Å². The summed E-state index contributed by atoms with van der Waals surface area (Å²) in [6, 6.07) is 23.0. The van der Waals surface area contributed by atoms with Crippen molar-refractivity contribution >= 4 is 38.9 Å². The molecule has 0 aromatic heterocycles. The van der Waals surface area contributed by atoms with Crippen molar-refractivity contribution < 1.29 is 13.5 Å². The summed E-state index contributed by atoms with van der Waals surface area (Å²) in [5, 5.41) is 13.1. The molecule has 2 fully saturated rings. The van der Waals surface area contributed by atoms with Crippen LogP contribution in [0.1, 0.15) is 44.1 Å². The largest absolute Gasteiger partial charge is 0.384 e. The number of benzene rings is 3. The van der Waals surface area contributed by atoms with Gasteiger partial charge in [-0.25, -0.2) is 8.42 Å². The molecule has 3 aromatic carbocycles. The summed E-state index contributed by atoms with van der Waals surface area (Å²) in [5.74, 6) is 0. The van der Waals surface area contributed by atoms with Gasteiger partial charge in [0, 0.05) is 35.2 Å². The Balaban J connectivity index is 1.39. The monoisotopic (exact) mass is 558 g/mol. The fourth-order valence-corrected chi connectivity index (χ4v) is 7.93. The van der Waals surface area contributed by atoms with Gasteiger partial charge in [0.25, 0.3) is 10.0 Å². The summed E-state index contributed by atoms with van der Waals surface area (Å²) in [6.45, 7) is 1.43. The molecule has 8 heteroatoms. The Labute approximate surface area is 229 Å². The smallest absolute Gasteiger partial charge is 0.264 e. The number of piperidine rings is 1. The number of nitrogens with zero attached hydrogens (tertiary/aromatic N) is 2. The zero-order valence-corrected chi connectivity index (χ0v) is 23.0. The summed E-state index contributed by atoms with van der Waals surface area (Å²) >= 11 is 12.1. The number of hydrogen-bond donors (Lipinski definition) is 1. The third kappa shape index (κ3) is 5.41. The highest BCUT2D eigenvalue weighted by Crippen LogP contribution is 2.42. The summed E-state index contributed by atoms with van der Waals surface area (Å²) < 4.78 is 29.3. The van der Waals surface area contributed by atoms with Crippen molar-refractivity contribution in [3.05, 3.63) is 94.5 Å². The molecule has 1 saturated carbocycles. The Morgan fingerprint density at radius 3 is 2.03 bits per heavy atom. The molecule has 37 heavy (non-hydrogen) atoms. The maximum absolute atomic E-state index is 13.9. The van der Waals surface area contributed by atoms with Gasteiger partial charge >= 0.3 is 0 Å². The number of halogens is 2. The van der Waals surface area contributed by atoms with E-state index in [-0.39, 0.29) is 17.0 Å². The molecule has 1 heterocycles. The van der Waals surface area contributed by atoms with Gasteiger partial charge in [0.05, 0.1) is 10.6 Å². The molecular weight excluding hydrogens is 527 g/mol. The SMILES string of the molecule is O=S(=O)(c1ccc(Cl)cc1)N(c1ccccc1)C1CCN([C@@H]2CCCC[C@]2(O)c2ccc(Cl)cc2)CC1. The van der Waals surface area contributed by atoms with Crippen LogP contribution in [0.2, 0.25) is 10.0 Å². The van der Waals surface area contributed by atoms with Crippen LogP contribution in [0.15, 0.2) is 83.8 Å². The molecule has 0 unspecified atom stereocenters. The lowest BCUT2D eigenvalue weighted by Gasteiger charge is -2.49. The van der Waals surface area contributed by atoms with E-state index in [0.29, 0.717) is 48.1 Å². The molecule has 1 saturated heterocycles. The Bertz CT molecular complexity index is 1300. The topological polar surface area (TPSA) is 60.9 Å². The van der Waals surface area contributed by atoms with Crippen LogP contribution in [0.5, 0.6) is 0 Å². The van der Waals surface area contributed by atoms with Gasteiger partial charge in [-0.15, -0.1) is 0 Å². The molecule has 0 bridgehead atoms. The predicted octanol–water partition coefficient (Wildman–Crippen LogP) is 6.48. The number of aliphatic hydroxyl groups is 1. The maximum Gasteiger partial charge on any atom is 0.264 e. The second kappa shape index (κ2) is 11.0. The number of hydrogen-bond acceptors (Lipinski definition) is 4. The Morgan fingerprint density at radius 2 is 1.41 bits per heavy atom. The minimum atomic E-state index is -3.79. The van der Waals surface area contributed by atoms with E-state index >= 15 is 0 Å². The molecule has 3 aromatic rings. The summed E-state index contributed by atoms with van der Waals surface area (Å²) in [7, 11) is -3.79. The summed E-state index contributed by atoms with van der Waals surface area (Å²) in [4.78, 5) is 2.59. The molecule has 0 amide bonds. The molecular formula is C29H32Cl2N2O3S. The van der Waals surface area contributed by atoms with Crippen molar-refractivity contribution in [1.82, 2.24) is 4.90 Å². The predicted molar refractivity (Wildman–Crippen MR) is 150 cm³/mol. The zero-order valence-electron chi connectivity index (χ0n) is 20.6. The summed E-state index contributed by atoms with van der Waals surface area (Å²) in [5.41, 5.74) is 0.621. The highest BCUT2D eigenvalue weighted by atomic mass is 35.5. The van der Waals surface area contributed by atoms with Crippen LogP contribution in [0.4, 0.5) is 5.69 Å². The van der Waals surface area contributed by atoms with Crippen molar-refractivity contribution in [3.63, 3.8) is 0 Å². The Kier molecular flexibility index (Phi) is 7.85. The minimum absolute atomic E-state index is 0.0126. The second-order valence-electron chi connectivity index (χ2n) is 10.1. The number of sulfonamides is 1. The highest BCUT2D eigenvalue weighted by Gasteiger charge is 2.45. The van der Waals surface area contributed by atoms with Crippen molar-refractivity contribution in [2.75, 3.05) is 17.4 Å². The van der Waals surface area contributed by atoms with Gasteiger partial charge in [-0.05, 0) is 79.8 Å². The highest BCUT2D eigenvalue weighted by molar-refractivity contribution is 7.92. The average molecular weight is 560 g/mol. The first-order chi connectivity index (χ1) is 17.8. The van der Waals surface area contributed by atoms with E-state index in [9.17, 15) is 13.5 Å². The standard InChI is InChI=1S/C29H32Cl2N2O3S/c30-23-11-9-22(10-12-23)29(34)19-5-4-8-28(29)32-20-17-26(18-21-32)33(25-6-2-1-3-7-25)37(35,36)27-15-13-24(31)14-16-27/h1-3,6-7,9-16,26,28,34H,4-5,8,17-21H2/t28-,29+/m1/s1. The van der Waals surface area contributed by atoms with E-state index in [1.54, 1.807) is 28.6 Å². The van der Waals surface area contributed by atoms with Crippen LogP contribution < -0.4 is 4.31 Å². The van der Waals surface area contributed by atoms with Gasteiger partial charge < -0.3 is 5.11 Å². The first kappa shape index (κ1) is 26.5. The van der Waals surface area contributed by atoms with Crippen LogP contribution in [-0.4, -0.2) is 43.6 Å². The molecule has 1 aliphatic carbocycles. The lowest BCUT2D eigenvalue weighted by Crippen LogP contribution is -2.57. The van der Waals surface area contributed by atoms with E-state index in [2.05, 4.69) is 4.90 Å². The maximum atomic E-state index is 13.9. The van der Waals surface area contributed by atoms with E-state index < -0.39 is 15.6 Å². The van der Waals surface area contributed by atoms with Crippen molar-refractivity contribution in [3.8, 4) is 0 Å². The quantitative estimate of drug-likeness (QED) is 0.376. The first-order valence-corrected chi connectivity index (χ1v) is 15.1. The fourth-order valence-electron chi connectivity index (χ4n) is 5.97. The molecule has 5 rings (SSSR count). The number of rotatable bonds is 6. The van der Waals surface area contributed by atoms with Gasteiger partial charge in [0.15, 0.2) is 0 Å². The van der Waals surface area contributed by atoms with Crippen LogP contribution in [-0.2, 0) is 15.6 Å². The normalized spacial score (nSPS) is 23.6. The van der Waals surface area contributed by atoms with Gasteiger partial charge in [0.1, 0.15) is 5.60 Å². The fraction of sp³-hybridized carbons (Fsp3) is 0.379. The molecule has 2 atom stereocenters. The molecule has 196 valence electrons. The average Bonchev–Trinajstić information content (AvgIpc) is 2.91. The van der Waals surface area contributed by atoms with Gasteiger partial charge in [0.2, 0.25) is 0 Å². The van der Waals surface area contributed by atoms with E-state index in [1.165, 1.54) is 0 Å². The van der Waals surface area contributed by atoms with Gasteiger partial charge in [-0.3, -0.25) is 9.21 Å². The Morgan fingerprint density at radius 1 is 0.811 bits per heavy atom. The van der Waals surface area contributed by atoms with Crippen LogP contribution in [0.3, 0.4) is 0 Å². The van der Waals surface area contributed by atoms with Crippen molar-refractivity contribution in [1.29, 1.82) is 0 Å². The van der Waals surface area contributed by atoms with E-state index in [1.807, 2.05) is 54.6 Å². The lowest BCUT2D eigenvalue weighted by atomic mass is 9.74. The van der Waals surface area contributed by atoms with Crippen molar-refractivity contribution in [2.45, 2.75) is 61.1 Å². The number of para-hydroxylation sites is 1. The van der Waals surface area contributed by atoms with E-state index in [0.717, 1.165) is 24.8 Å². The second-order valence-corrected chi connectivity index (χ2v) is 12.7. The number of anilines is 1. The van der Waals surface area contributed by atoms with E-state index in [4.69, 9.17) is 23.2 Å². The van der Waals surface area contributed by atoms with Gasteiger partial charge in [-0.1, -0.05) is 66.4 Å². The zero-order chi connectivity index (χ0) is 26.0. The first-order valence-electron chi connectivity index (χ1n) is 12.9. The molecule has 5 nitrogen and oxygen atoms in total. The molecule has 1 N–H and O–H groups in total. The van der Waals surface area contributed by atoms with Crippen LogP contribution in [0, 0.1) is 0 Å². The molecule has 2 aliphatic rings. The third-order valence-corrected chi connectivity index (χ3v) is 10.2. The minimum Gasteiger partial charge on any atom is -0.384 e. The third-order valence-electron chi connectivity index (χ3n) is 7.83. The molecule has 0 radical (unpaired) electrons. The van der Waals surface area contributed by atoms with Crippen LogP contribution >= 0.6 is 23.2 Å². The van der Waals surface area contributed by atoms with Crippen molar-refractivity contribution in [2.24, 2.45) is 0 Å². The Hall–Kier alpha value is -2.09. The molecule has 0 spiro atoms.